The molecule has 1 fully saturated rings. The summed E-state index contributed by atoms with van der Waals surface area (Å²) in [7, 11) is -3.50. The number of aryl methyl sites for hydroxylation is 1. The molecule has 2 aromatic carbocycles. The van der Waals surface area contributed by atoms with E-state index in [1.54, 1.807) is 35.7 Å². The van der Waals surface area contributed by atoms with Gasteiger partial charge in [-0.2, -0.15) is 16.1 Å². The van der Waals surface area contributed by atoms with Gasteiger partial charge in [0.2, 0.25) is 15.9 Å². The lowest BCUT2D eigenvalue weighted by Crippen LogP contribution is -2.43. The number of thioether (sulfide) groups is 2. The fraction of sp³-hybridized carbons (Fsp3) is 0.435. The van der Waals surface area contributed by atoms with Crippen LogP contribution in [0.5, 0.6) is 0 Å². The Morgan fingerprint density at radius 3 is 2.48 bits per heavy atom. The van der Waals surface area contributed by atoms with Gasteiger partial charge < -0.3 is 5.32 Å². The van der Waals surface area contributed by atoms with Crippen LogP contribution >= 0.6 is 23.5 Å². The van der Waals surface area contributed by atoms with E-state index >= 15 is 0 Å². The van der Waals surface area contributed by atoms with Crippen LogP contribution in [0.4, 0.5) is 0 Å². The smallest absolute Gasteiger partial charge is 0.243 e. The molecular weight excluding hydrogens is 448 g/mol. The molecule has 0 bridgehead atoms. The molecule has 0 unspecified atom stereocenters. The summed E-state index contributed by atoms with van der Waals surface area (Å²) in [6.07, 6.45) is 3.08. The summed E-state index contributed by atoms with van der Waals surface area (Å²) in [5, 5.41) is 3.02. The third-order valence-electron chi connectivity index (χ3n) is 5.42. The first-order valence-corrected chi connectivity index (χ1v) is 14.3. The van der Waals surface area contributed by atoms with E-state index in [-0.39, 0.29) is 11.8 Å². The summed E-state index contributed by atoms with van der Waals surface area (Å²) in [6.45, 7) is 3.49. The molecule has 3 rings (SSSR count). The van der Waals surface area contributed by atoms with Gasteiger partial charge in [0, 0.05) is 42.0 Å². The summed E-state index contributed by atoms with van der Waals surface area (Å²) >= 11 is 3.39. The van der Waals surface area contributed by atoms with Crippen molar-refractivity contribution in [2.75, 3.05) is 31.6 Å². The summed E-state index contributed by atoms with van der Waals surface area (Å²) in [5.41, 5.74) is 2.56. The van der Waals surface area contributed by atoms with E-state index in [9.17, 15) is 13.2 Å². The lowest BCUT2D eigenvalue weighted by atomic mass is 9.97. The molecule has 1 saturated heterocycles. The van der Waals surface area contributed by atoms with Crippen LogP contribution in [-0.4, -0.2) is 50.3 Å². The van der Waals surface area contributed by atoms with E-state index in [2.05, 4.69) is 36.5 Å². The van der Waals surface area contributed by atoms with Gasteiger partial charge in [-0.25, -0.2) is 8.42 Å². The molecule has 0 spiro atoms. The second-order valence-electron chi connectivity index (χ2n) is 7.69. The number of sulfonamides is 1. The van der Waals surface area contributed by atoms with Crippen LogP contribution < -0.4 is 5.32 Å². The van der Waals surface area contributed by atoms with Gasteiger partial charge in [-0.15, -0.1) is 11.8 Å². The molecule has 2 aromatic rings. The molecule has 0 atom stereocenters. The Kier molecular flexibility index (Phi) is 8.89. The number of hydrogen-bond donors (Lipinski definition) is 1. The van der Waals surface area contributed by atoms with E-state index < -0.39 is 10.0 Å². The SMILES string of the molecule is CSc1ccc(S(=O)(=O)N2CCC(C(=O)NCCSCc3cccc(C)c3)CC2)cc1. The predicted octanol–water partition coefficient (Wildman–Crippen LogP) is 4.17. The zero-order chi connectivity index (χ0) is 22.3. The first-order chi connectivity index (χ1) is 14.9. The minimum absolute atomic E-state index is 0.0394. The Bertz CT molecular complexity index is 970. The topological polar surface area (TPSA) is 66.5 Å². The third kappa shape index (κ3) is 6.75. The Balaban J connectivity index is 1.39. The summed E-state index contributed by atoms with van der Waals surface area (Å²) in [5.74, 6) is 1.72. The van der Waals surface area contributed by atoms with Gasteiger partial charge in [-0.1, -0.05) is 29.8 Å². The van der Waals surface area contributed by atoms with Gasteiger partial charge in [-0.3, -0.25) is 4.79 Å². The Morgan fingerprint density at radius 1 is 1.13 bits per heavy atom. The molecule has 1 aliphatic rings. The highest BCUT2D eigenvalue weighted by Crippen LogP contribution is 2.25. The van der Waals surface area contributed by atoms with Crippen LogP contribution in [0.15, 0.2) is 58.3 Å². The molecule has 1 aliphatic heterocycles. The average Bonchev–Trinajstić information content (AvgIpc) is 2.79. The van der Waals surface area contributed by atoms with Crippen LogP contribution in [0.3, 0.4) is 0 Å². The highest BCUT2D eigenvalue weighted by atomic mass is 32.2. The normalized spacial score (nSPS) is 15.7. The standard InChI is InChI=1S/C23H30N2O3S3/c1-18-4-3-5-19(16-18)17-30-15-12-24-23(26)20-10-13-25(14-11-20)31(27,28)22-8-6-21(29-2)7-9-22/h3-9,16,20H,10-15,17H2,1-2H3,(H,24,26). The molecule has 0 saturated carbocycles. The minimum Gasteiger partial charge on any atom is -0.355 e. The monoisotopic (exact) mass is 478 g/mol. The minimum atomic E-state index is -3.50. The number of carbonyl (C=O) groups is 1. The highest BCUT2D eigenvalue weighted by molar-refractivity contribution is 7.98. The molecule has 0 aromatic heterocycles. The van der Waals surface area contributed by atoms with Gasteiger partial charge in [0.05, 0.1) is 4.90 Å². The summed E-state index contributed by atoms with van der Waals surface area (Å²) < 4.78 is 27.2. The second-order valence-corrected chi connectivity index (χ2v) is 11.6. The third-order valence-corrected chi connectivity index (χ3v) is 9.11. The van der Waals surface area contributed by atoms with Crippen LogP contribution in [0.2, 0.25) is 0 Å². The first-order valence-electron chi connectivity index (χ1n) is 10.5. The maximum atomic E-state index is 12.9. The zero-order valence-electron chi connectivity index (χ0n) is 18.0. The second kappa shape index (κ2) is 11.4. The number of nitrogens with one attached hydrogen (secondary N) is 1. The lowest BCUT2D eigenvalue weighted by Gasteiger charge is -2.30. The van der Waals surface area contributed by atoms with Crippen LogP contribution in [0.25, 0.3) is 0 Å². The zero-order valence-corrected chi connectivity index (χ0v) is 20.5. The van der Waals surface area contributed by atoms with Crippen LogP contribution in [0.1, 0.15) is 24.0 Å². The number of carbonyl (C=O) groups excluding carboxylic acids is 1. The number of nitrogens with zero attached hydrogens (tertiary/aromatic N) is 1. The van der Waals surface area contributed by atoms with Crippen molar-refractivity contribution < 1.29 is 13.2 Å². The summed E-state index contributed by atoms with van der Waals surface area (Å²) in [4.78, 5) is 13.8. The van der Waals surface area contributed by atoms with Crippen molar-refractivity contribution in [1.29, 1.82) is 0 Å². The predicted molar refractivity (Wildman–Crippen MR) is 130 cm³/mol. The van der Waals surface area contributed by atoms with Crippen molar-refractivity contribution in [2.45, 2.75) is 35.3 Å². The fourth-order valence-electron chi connectivity index (χ4n) is 3.64. The molecule has 168 valence electrons. The van der Waals surface area contributed by atoms with E-state index in [4.69, 9.17) is 0 Å². The quantitative estimate of drug-likeness (QED) is 0.433. The Morgan fingerprint density at radius 2 is 1.84 bits per heavy atom. The maximum absolute atomic E-state index is 12.9. The molecule has 1 heterocycles. The van der Waals surface area contributed by atoms with Crippen molar-refractivity contribution in [2.24, 2.45) is 5.92 Å². The molecule has 0 aliphatic carbocycles. The van der Waals surface area contributed by atoms with Gasteiger partial charge >= 0.3 is 0 Å². The van der Waals surface area contributed by atoms with E-state index in [0.29, 0.717) is 37.4 Å². The average molecular weight is 479 g/mol. The van der Waals surface area contributed by atoms with Crippen molar-refractivity contribution >= 4 is 39.5 Å². The van der Waals surface area contributed by atoms with Crippen molar-refractivity contribution in [3.63, 3.8) is 0 Å². The van der Waals surface area contributed by atoms with E-state index in [1.165, 1.54) is 15.4 Å². The van der Waals surface area contributed by atoms with Gasteiger partial charge in [0.25, 0.3) is 0 Å². The summed E-state index contributed by atoms with van der Waals surface area (Å²) in [6, 6.07) is 15.4. The Hall–Kier alpha value is -1.48. The number of amides is 1. The number of rotatable bonds is 9. The van der Waals surface area contributed by atoms with Gasteiger partial charge in [-0.05, 0) is 55.9 Å². The van der Waals surface area contributed by atoms with Crippen LogP contribution in [-0.2, 0) is 20.6 Å². The van der Waals surface area contributed by atoms with Gasteiger partial charge in [0.1, 0.15) is 0 Å². The van der Waals surface area contributed by atoms with Crippen molar-refractivity contribution in [3.05, 3.63) is 59.7 Å². The molecule has 0 radical (unpaired) electrons. The lowest BCUT2D eigenvalue weighted by molar-refractivity contribution is -0.125. The fourth-order valence-corrected chi connectivity index (χ4v) is 6.32. The number of benzene rings is 2. The van der Waals surface area contributed by atoms with Crippen molar-refractivity contribution in [1.82, 2.24) is 9.62 Å². The highest BCUT2D eigenvalue weighted by Gasteiger charge is 2.31. The van der Waals surface area contributed by atoms with E-state index in [0.717, 1.165) is 16.4 Å². The number of hydrogen-bond acceptors (Lipinski definition) is 5. The first kappa shape index (κ1) is 24.2. The van der Waals surface area contributed by atoms with Gasteiger partial charge in [0.15, 0.2) is 0 Å². The molecule has 1 amide bonds. The molecular formula is C23H30N2O3S3. The molecule has 31 heavy (non-hydrogen) atoms. The molecule has 5 nitrogen and oxygen atoms in total. The largest absolute Gasteiger partial charge is 0.355 e. The van der Waals surface area contributed by atoms with Crippen molar-refractivity contribution in [3.8, 4) is 0 Å². The Labute approximate surface area is 194 Å². The molecule has 1 N–H and O–H groups in total. The molecule has 8 heteroatoms. The van der Waals surface area contributed by atoms with E-state index in [1.807, 2.05) is 18.4 Å². The number of piperidine rings is 1. The maximum Gasteiger partial charge on any atom is 0.243 e. The van der Waals surface area contributed by atoms with Crippen LogP contribution in [0, 0.1) is 12.8 Å².